The molecule has 0 aliphatic rings. The van der Waals surface area contributed by atoms with Crippen LogP contribution in [-0.4, -0.2) is 23.7 Å². The Hall–Kier alpha value is -1.16. The zero-order chi connectivity index (χ0) is 13.5. The van der Waals surface area contributed by atoms with Gasteiger partial charge in [-0.2, -0.15) is 0 Å². The Balaban J connectivity index is 2.89. The average molecular weight is 313 g/mol. The molecule has 0 saturated carbocycles. The second-order valence-corrected chi connectivity index (χ2v) is 4.66. The number of esters is 1. The predicted molar refractivity (Wildman–Crippen MR) is 74.0 cm³/mol. The molecule has 1 aromatic carbocycles. The first-order valence-corrected chi connectivity index (χ1v) is 7.00. The number of benzene rings is 1. The van der Waals surface area contributed by atoms with Gasteiger partial charge < -0.3 is 4.74 Å². The van der Waals surface area contributed by atoms with Crippen LogP contribution in [-0.2, 0) is 27.2 Å². The smallest absolute Gasteiger partial charge is 0.310 e. The van der Waals surface area contributed by atoms with Crippen molar-refractivity contribution in [1.82, 2.24) is 0 Å². The number of carbonyl (C=O) groups is 2. The normalized spacial score (nSPS) is 10.2. The largest absolute Gasteiger partial charge is 0.466 e. The highest BCUT2D eigenvalue weighted by Crippen LogP contribution is 2.14. The summed E-state index contributed by atoms with van der Waals surface area (Å²) in [5, 5.41) is 0.333. The first kappa shape index (κ1) is 14.9. The van der Waals surface area contributed by atoms with Crippen LogP contribution in [0.15, 0.2) is 18.2 Å². The molecule has 0 amide bonds. The van der Waals surface area contributed by atoms with Gasteiger partial charge in [-0.1, -0.05) is 39.7 Å². The number of ketones is 1. The number of Topliss-reactive ketones (excluding diaryl/α,β-unsaturated/α-hetero) is 1. The van der Waals surface area contributed by atoms with Gasteiger partial charge in [0, 0.05) is 6.42 Å². The van der Waals surface area contributed by atoms with Crippen molar-refractivity contribution in [3.05, 3.63) is 34.9 Å². The number of hydrogen-bond donors (Lipinski definition) is 0. The summed E-state index contributed by atoms with van der Waals surface area (Å²) in [5.41, 5.74) is 2.85. The molecule has 0 aromatic heterocycles. The van der Waals surface area contributed by atoms with Gasteiger partial charge in [0.05, 0.1) is 18.4 Å². The van der Waals surface area contributed by atoms with Crippen molar-refractivity contribution in [2.24, 2.45) is 0 Å². The molecule has 0 atom stereocenters. The van der Waals surface area contributed by atoms with Crippen molar-refractivity contribution in [3.8, 4) is 0 Å². The Morgan fingerprint density at radius 3 is 2.56 bits per heavy atom. The van der Waals surface area contributed by atoms with E-state index in [2.05, 4.69) is 15.9 Å². The average Bonchev–Trinajstić information content (AvgIpc) is 2.32. The van der Waals surface area contributed by atoms with Gasteiger partial charge in [0.25, 0.3) is 0 Å². The van der Waals surface area contributed by atoms with Crippen LogP contribution >= 0.6 is 15.9 Å². The van der Waals surface area contributed by atoms with Crippen LogP contribution < -0.4 is 0 Å². The Kier molecular flexibility index (Phi) is 6.05. The molecule has 0 bridgehead atoms. The van der Waals surface area contributed by atoms with Gasteiger partial charge in [0.1, 0.15) is 5.78 Å². The first-order chi connectivity index (χ1) is 8.56. The number of hydrogen-bond acceptors (Lipinski definition) is 3. The summed E-state index contributed by atoms with van der Waals surface area (Å²) in [5.74, 6) is -0.153. The fraction of sp³-hybridized carbons (Fsp3) is 0.429. The van der Waals surface area contributed by atoms with E-state index in [0.29, 0.717) is 18.4 Å². The molecule has 0 saturated heterocycles. The number of rotatable bonds is 6. The van der Waals surface area contributed by atoms with Crippen LogP contribution in [0.25, 0.3) is 0 Å². The summed E-state index contributed by atoms with van der Waals surface area (Å²) in [6.07, 6.45) is 0.570. The van der Waals surface area contributed by atoms with Crippen LogP contribution in [0, 0.1) is 6.92 Å². The molecule has 0 unspecified atom stereocenters. The third kappa shape index (κ3) is 4.61. The first-order valence-electron chi connectivity index (χ1n) is 5.88. The van der Waals surface area contributed by atoms with E-state index < -0.39 is 0 Å². The molecule has 1 aromatic rings. The highest BCUT2D eigenvalue weighted by Gasteiger charge is 2.11. The Labute approximate surface area is 116 Å². The Bertz CT molecular complexity index is 441. The fourth-order valence-corrected chi connectivity index (χ4v) is 1.92. The maximum absolute atomic E-state index is 11.5. The highest BCUT2D eigenvalue weighted by molar-refractivity contribution is 9.09. The molecular formula is C14H17BrO3. The summed E-state index contributed by atoms with van der Waals surface area (Å²) in [6, 6.07) is 5.80. The summed E-state index contributed by atoms with van der Waals surface area (Å²) in [6.45, 7) is 4.12. The molecular weight excluding hydrogens is 296 g/mol. The standard InChI is InChI=1S/C14H17BrO3/c1-3-18-14(17)8-12-6-10(2)4-5-11(12)7-13(16)9-15/h4-6H,3,7-9H2,1-2H3. The van der Waals surface area contributed by atoms with Gasteiger partial charge in [-0.15, -0.1) is 0 Å². The minimum absolute atomic E-state index is 0.101. The van der Waals surface area contributed by atoms with Gasteiger partial charge in [-0.05, 0) is 25.0 Å². The van der Waals surface area contributed by atoms with E-state index in [-0.39, 0.29) is 18.2 Å². The van der Waals surface area contributed by atoms with Gasteiger partial charge in [-0.25, -0.2) is 0 Å². The Morgan fingerprint density at radius 1 is 1.22 bits per heavy atom. The number of halogens is 1. The van der Waals surface area contributed by atoms with Crippen molar-refractivity contribution < 1.29 is 14.3 Å². The maximum atomic E-state index is 11.5. The van der Waals surface area contributed by atoms with Gasteiger partial charge >= 0.3 is 5.97 Å². The van der Waals surface area contributed by atoms with Gasteiger partial charge in [0.2, 0.25) is 0 Å². The van der Waals surface area contributed by atoms with Crippen molar-refractivity contribution >= 4 is 27.7 Å². The minimum Gasteiger partial charge on any atom is -0.466 e. The summed E-state index contributed by atoms with van der Waals surface area (Å²) in [7, 11) is 0. The zero-order valence-corrected chi connectivity index (χ0v) is 12.2. The lowest BCUT2D eigenvalue weighted by Crippen LogP contribution is -2.12. The third-order valence-corrected chi connectivity index (χ3v) is 3.16. The van der Waals surface area contributed by atoms with Crippen LogP contribution in [0.5, 0.6) is 0 Å². The van der Waals surface area contributed by atoms with Crippen LogP contribution in [0.4, 0.5) is 0 Å². The van der Waals surface area contributed by atoms with Gasteiger partial charge in [0.15, 0.2) is 0 Å². The lowest BCUT2D eigenvalue weighted by atomic mass is 9.98. The van der Waals surface area contributed by atoms with E-state index in [9.17, 15) is 9.59 Å². The number of ether oxygens (including phenoxy) is 1. The fourth-order valence-electron chi connectivity index (χ4n) is 1.72. The quantitative estimate of drug-likeness (QED) is 0.599. The second kappa shape index (κ2) is 7.31. The number of carbonyl (C=O) groups excluding carboxylic acids is 2. The van der Waals surface area contributed by atoms with Crippen molar-refractivity contribution in [2.75, 3.05) is 11.9 Å². The van der Waals surface area contributed by atoms with E-state index in [1.165, 1.54) is 0 Å². The molecule has 18 heavy (non-hydrogen) atoms. The molecule has 0 aliphatic heterocycles. The van der Waals surface area contributed by atoms with E-state index in [1.807, 2.05) is 25.1 Å². The molecule has 0 radical (unpaired) electrons. The highest BCUT2D eigenvalue weighted by atomic mass is 79.9. The minimum atomic E-state index is -0.254. The second-order valence-electron chi connectivity index (χ2n) is 4.10. The molecule has 1 rings (SSSR count). The zero-order valence-electron chi connectivity index (χ0n) is 10.7. The molecule has 3 nitrogen and oxygen atoms in total. The molecule has 0 spiro atoms. The summed E-state index contributed by atoms with van der Waals surface area (Å²) < 4.78 is 4.94. The van der Waals surface area contributed by atoms with Crippen molar-refractivity contribution in [2.45, 2.75) is 26.7 Å². The maximum Gasteiger partial charge on any atom is 0.310 e. The number of aryl methyl sites for hydroxylation is 1. The lowest BCUT2D eigenvalue weighted by Gasteiger charge is -2.09. The van der Waals surface area contributed by atoms with Crippen molar-refractivity contribution in [1.29, 1.82) is 0 Å². The molecule has 98 valence electrons. The molecule has 0 heterocycles. The van der Waals surface area contributed by atoms with Crippen molar-refractivity contribution in [3.63, 3.8) is 0 Å². The summed E-state index contributed by atoms with van der Waals surface area (Å²) >= 11 is 3.15. The predicted octanol–water partition coefficient (Wildman–Crippen LogP) is 2.61. The number of alkyl halides is 1. The van der Waals surface area contributed by atoms with Gasteiger partial charge in [-0.3, -0.25) is 9.59 Å². The monoisotopic (exact) mass is 312 g/mol. The topological polar surface area (TPSA) is 43.4 Å². The molecule has 0 aliphatic carbocycles. The molecule has 4 heteroatoms. The van der Waals surface area contributed by atoms with Crippen LogP contribution in [0.3, 0.4) is 0 Å². The van der Waals surface area contributed by atoms with E-state index in [4.69, 9.17) is 4.74 Å². The summed E-state index contributed by atoms with van der Waals surface area (Å²) in [4.78, 5) is 23.0. The van der Waals surface area contributed by atoms with E-state index in [1.54, 1.807) is 6.92 Å². The van der Waals surface area contributed by atoms with Crippen LogP contribution in [0.1, 0.15) is 23.6 Å². The SMILES string of the molecule is CCOC(=O)Cc1cc(C)ccc1CC(=O)CBr. The lowest BCUT2D eigenvalue weighted by molar-refractivity contribution is -0.142. The van der Waals surface area contributed by atoms with Crippen LogP contribution in [0.2, 0.25) is 0 Å². The van der Waals surface area contributed by atoms with E-state index in [0.717, 1.165) is 16.7 Å². The molecule has 0 fully saturated rings. The van der Waals surface area contributed by atoms with E-state index >= 15 is 0 Å². The Morgan fingerprint density at radius 2 is 1.94 bits per heavy atom. The third-order valence-electron chi connectivity index (χ3n) is 2.54. The molecule has 0 N–H and O–H groups in total.